The summed E-state index contributed by atoms with van der Waals surface area (Å²) in [7, 11) is -5.93. The summed E-state index contributed by atoms with van der Waals surface area (Å²) in [5.74, 6) is -0.217. The average Bonchev–Trinajstić information content (AvgIpc) is 2.37. The van der Waals surface area contributed by atoms with Crippen molar-refractivity contribution in [1.29, 1.82) is 0 Å². The zero-order valence-corrected chi connectivity index (χ0v) is 15.4. The SMILES string of the molecule is C=CCN(CCCP(=C)(OCC)OCC)CCCS(=O)(=O)O. The molecule has 6 nitrogen and oxygen atoms in total. The van der Waals surface area contributed by atoms with Crippen molar-refractivity contribution in [3.8, 4) is 0 Å². The molecule has 0 aliphatic carbocycles. The van der Waals surface area contributed by atoms with Crippen LogP contribution in [0.3, 0.4) is 0 Å². The van der Waals surface area contributed by atoms with Crippen molar-refractivity contribution in [3.05, 3.63) is 12.7 Å². The minimum absolute atomic E-state index is 0.217. The van der Waals surface area contributed by atoms with Crippen LogP contribution >= 0.6 is 7.34 Å². The fourth-order valence-corrected chi connectivity index (χ4v) is 4.51. The van der Waals surface area contributed by atoms with E-state index in [0.717, 1.165) is 19.1 Å². The van der Waals surface area contributed by atoms with Crippen LogP contribution in [-0.2, 0) is 19.2 Å². The van der Waals surface area contributed by atoms with Gasteiger partial charge in [0.1, 0.15) is 7.34 Å². The largest absolute Gasteiger partial charge is 0.338 e. The van der Waals surface area contributed by atoms with Gasteiger partial charge in [0, 0.05) is 12.7 Å². The first-order chi connectivity index (χ1) is 10.3. The lowest BCUT2D eigenvalue weighted by atomic mass is 10.3. The molecule has 0 unspecified atom stereocenters. The number of hydrogen-bond donors (Lipinski definition) is 1. The fourth-order valence-electron chi connectivity index (χ4n) is 2.12. The van der Waals surface area contributed by atoms with Crippen molar-refractivity contribution in [3.63, 3.8) is 0 Å². The van der Waals surface area contributed by atoms with Gasteiger partial charge in [0.15, 0.2) is 0 Å². The van der Waals surface area contributed by atoms with E-state index in [-0.39, 0.29) is 5.75 Å². The van der Waals surface area contributed by atoms with Gasteiger partial charge in [-0.05, 0) is 39.8 Å². The molecule has 0 aromatic rings. The highest BCUT2D eigenvalue weighted by Crippen LogP contribution is 2.47. The van der Waals surface area contributed by atoms with E-state index in [2.05, 4.69) is 17.8 Å². The maximum Gasteiger partial charge on any atom is 0.264 e. The Morgan fingerprint density at radius 2 is 1.73 bits per heavy atom. The molecule has 0 bridgehead atoms. The molecule has 0 aliphatic rings. The van der Waals surface area contributed by atoms with Crippen molar-refractivity contribution in [1.82, 2.24) is 4.90 Å². The number of nitrogens with zero attached hydrogens (tertiary/aromatic N) is 1. The van der Waals surface area contributed by atoms with Gasteiger partial charge in [0.05, 0.1) is 19.0 Å². The molecule has 132 valence electrons. The topological polar surface area (TPSA) is 76.1 Å². The third-order valence-corrected chi connectivity index (χ3v) is 6.23. The summed E-state index contributed by atoms with van der Waals surface area (Å²) in [5.41, 5.74) is 0. The van der Waals surface area contributed by atoms with Crippen LogP contribution in [-0.4, -0.2) is 68.9 Å². The summed E-state index contributed by atoms with van der Waals surface area (Å²) in [6.07, 6.45) is 7.90. The molecule has 0 saturated heterocycles. The van der Waals surface area contributed by atoms with Gasteiger partial charge in [-0.25, -0.2) is 0 Å². The van der Waals surface area contributed by atoms with Gasteiger partial charge < -0.3 is 9.05 Å². The van der Waals surface area contributed by atoms with Crippen LogP contribution in [0.5, 0.6) is 0 Å². The molecule has 22 heavy (non-hydrogen) atoms. The lowest BCUT2D eigenvalue weighted by Crippen LogP contribution is -2.28. The monoisotopic (exact) mass is 355 g/mol. The van der Waals surface area contributed by atoms with Crippen molar-refractivity contribution < 1.29 is 22.0 Å². The second-order valence-corrected chi connectivity index (χ2v) is 9.12. The van der Waals surface area contributed by atoms with E-state index < -0.39 is 17.5 Å². The highest BCUT2D eigenvalue weighted by molar-refractivity contribution is 7.85. The molecular weight excluding hydrogens is 325 g/mol. The second-order valence-electron chi connectivity index (χ2n) is 4.96. The standard InChI is InChI=1S/C14H30NO5PS/c1-5-10-15(12-9-14-22(16,17)18)11-8-13-21(4,19-6-2)20-7-3/h5H,1,4,6-14H2,2-3H3,(H,16,17,18). The van der Waals surface area contributed by atoms with Gasteiger partial charge in [-0.1, -0.05) is 12.4 Å². The number of rotatable bonds is 14. The Morgan fingerprint density at radius 3 is 2.18 bits per heavy atom. The van der Waals surface area contributed by atoms with Crippen molar-refractivity contribution >= 4 is 23.8 Å². The van der Waals surface area contributed by atoms with Crippen molar-refractivity contribution in [2.45, 2.75) is 26.7 Å². The Balaban J connectivity index is 4.27. The van der Waals surface area contributed by atoms with Gasteiger partial charge in [-0.15, -0.1) is 6.58 Å². The average molecular weight is 355 g/mol. The Hall–Kier alpha value is -0.170. The zero-order valence-electron chi connectivity index (χ0n) is 13.7. The minimum Gasteiger partial charge on any atom is -0.338 e. The summed E-state index contributed by atoms with van der Waals surface area (Å²) in [6, 6.07) is 0. The summed E-state index contributed by atoms with van der Waals surface area (Å²) >= 11 is 0. The molecule has 0 radical (unpaired) electrons. The molecule has 0 aliphatic heterocycles. The molecule has 0 aromatic heterocycles. The second kappa shape index (κ2) is 11.4. The van der Waals surface area contributed by atoms with Gasteiger partial charge in [-0.2, -0.15) is 8.42 Å². The summed E-state index contributed by atoms with van der Waals surface area (Å²) in [4.78, 5) is 2.10. The van der Waals surface area contributed by atoms with E-state index in [4.69, 9.17) is 13.6 Å². The molecule has 8 heteroatoms. The van der Waals surface area contributed by atoms with Crippen LogP contribution in [0.25, 0.3) is 0 Å². The van der Waals surface area contributed by atoms with E-state index in [0.29, 0.717) is 32.7 Å². The zero-order chi connectivity index (χ0) is 17.1. The maximum atomic E-state index is 10.7. The van der Waals surface area contributed by atoms with Crippen LogP contribution in [0.4, 0.5) is 0 Å². The Kier molecular flexibility index (Phi) is 11.3. The highest BCUT2D eigenvalue weighted by atomic mass is 32.2. The maximum absolute atomic E-state index is 10.7. The first kappa shape index (κ1) is 21.8. The third-order valence-electron chi connectivity index (χ3n) is 2.97. The van der Waals surface area contributed by atoms with Gasteiger partial charge >= 0.3 is 0 Å². The molecule has 0 spiro atoms. The lowest BCUT2D eigenvalue weighted by Gasteiger charge is -2.25. The summed E-state index contributed by atoms with van der Waals surface area (Å²) < 4.78 is 41.6. The highest BCUT2D eigenvalue weighted by Gasteiger charge is 2.15. The van der Waals surface area contributed by atoms with Crippen molar-refractivity contribution in [2.75, 3.05) is 44.8 Å². The van der Waals surface area contributed by atoms with Gasteiger partial charge in [-0.3, -0.25) is 9.45 Å². The molecule has 0 heterocycles. The number of hydrogen-bond acceptors (Lipinski definition) is 5. The van der Waals surface area contributed by atoms with Crippen LogP contribution in [0.2, 0.25) is 0 Å². The van der Waals surface area contributed by atoms with E-state index in [1.54, 1.807) is 6.08 Å². The van der Waals surface area contributed by atoms with Crippen LogP contribution in [0.1, 0.15) is 26.7 Å². The summed E-state index contributed by atoms with van der Waals surface area (Å²) in [5, 5.41) is 0. The molecular formula is C14H30NO5PS. The quantitative estimate of drug-likeness (QED) is 0.293. The van der Waals surface area contributed by atoms with Crippen LogP contribution in [0, 0.1) is 0 Å². The molecule has 0 fully saturated rings. The van der Waals surface area contributed by atoms with E-state index in [1.807, 2.05) is 13.8 Å². The molecule has 0 rings (SSSR count). The van der Waals surface area contributed by atoms with E-state index >= 15 is 0 Å². The predicted octanol–water partition coefficient (Wildman–Crippen LogP) is 2.50. The van der Waals surface area contributed by atoms with Crippen molar-refractivity contribution in [2.24, 2.45) is 0 Å². The minimum atomic E-state index is -3.89. The third kappa shape index (κ3) is 11.4. The van der Waals surface area contributed by atoms with E-state index in [9.17, 15) is 8.42 Å². The first-order valence-electron chi connectivity index (χ1n) is 7.56. The fraction of sp³-hybridized carbons (Fsp3) is 0.786. The Bertz CT molecular complexity index is 442. The molecule has 0 amide bonds. The van der Waals surface area contributed by atoms with Crippen LogP contribution in [0.15, 0.2) is 12.7 Å². The van der Waals surface area contributed by atoms with Gasteiger partial charge in [0.2, 0.25) is 0 Å². The molecule has 1 N–H and O–H groups in total. The lowest BCUT2D eigenvalue weighted by molar-refractivity contribution is 0.260. The Labute approximate surface area is 135 Å². The predicted molar refractivity (Wildman–Crippen MR) is 94.4 cm³/mol. The van der Waals surface area contributed by atoms with Crippen LogP contribution < -0.4 is 0 Å². The normalized spacial score (nSPS) is 12.7. The molecule has 0 saturated carbocycles. The molecule has 0 aromatic carbocycles. The Morgan fingerprint density at radius 1 is 1.18 bits per heavy atom. The van der Waals surface area contributed by atoms with Gasteiger partial charge in [0.25, 0.3) is 10.1 Å². The first-order valence-corrected chi connectivity index (χ1v) is 11.2. The molecule has 0 atom stereocenters. The summed E-state index contributed by atoms with van der Waals surface area (Å²) in [6.45, 7) is 10.8. The van der Waals surface area contributed by atoms with E-state index in [1.165, 1.54) is 0 Å². The smallest absolute Gasteiger partial charge is 0.264 e.